The number of nitrogens with one attached hydrogen (secondary N) is 4. The van der Waals surface area contributed by atoms with Crippen molar-refractivity contribution >= 4 is 17.7 Å². The predicted molar refractivity (Wildman–Crippen MR) is 125 cm³/mol. The van der Waals surface area contributed by atoms with Crippen LogP contribution in [0.2, 0.25) is 0 Å². The van der Waals surface area contributed by atoms with E-state index in [9.17, 15) is 9.59 Å². The Morgan fingerprint density at radius 1 is 1.06 bits per heavy atom. The Bertz CT molecular complexity index is 1130. The molecule has 0 spiro atoms. The molecule has 0 aliphatic heterocycles. The molecule has 160 valence electrons. The number of amides is 2. The molecule has 3 aromatic rings. The molecule has 0 atom stereocenters. The molecule has 0 aliphatic rings. The van der Waals surface area contributed by atoms with Gasteiger partial charge in [-0.15, -0.1) is 0 Å². The molecule has 2 aromatic carbocycles. The molecule has 1 aromatic heterocycles. The van der Waals surface area contributed by atoms with Crippen LogP contribution in [0.5, 0.6) is 0 Å². The standard InChI is InChI=1S/C24H27N5O2/c1-16(2)12-13-25-14-18-8-10-19(11-9-18)20-15-26-23(28-22(20)30)29-24(31)27-21-7-5-4-6-17(21)3/h4-12,15,25H,13-14H2,1-3H3,(H3,26,27,28,29,30,31). The first-order valence-electron chi connectivity index (χ1n) is 10.1. The Morgan fingerprint density at radius 3 is 2.48 bits per heavy atom. The lowest BCUT2D eigenvalue weighted by atomic mass is 10.1. The second-order valence-electron chi connectivity index (χ2n) is 7.47. The molecule has 0 aliphatic carbocycles. The van der Waals surface area contributed by atoms with Crippen LogP contribution in [0.4, 0.5) is 16.4 Å². The monoisotopic (exact) mass is 417 g/mol. The summed E-state index contributed by atoms with van der Waals surface area (Å²) in [7, 11) is 0. The summed E-state index contributed by atoms with van der Waals surface area (Å²) in [6, 6.07) is 14.7. The fourth-order valence-corrected chi connectivity index (χ4v) is 2.94. The summed E-state index contributed by atoms with van der Waals surface area (Å²) in [6.45, 7) is 7.60. The number of hydrogen-bond donors (Lipinski definition) is 4. The zero-order valence-electron chi connectivity index (χ0n) is 18.0. The Kier molecular flexibility index (Phi) is 7.35. The summed E-state index contributed by atoms with van der Waals surface area (Å²) in [6.07, 6.45) is 3.69. The number of H-pyrrole nitrogens is 1. The topological polar surface area (TPSA) is 98.9 Å². The third-order valence-corrected chi connectivity index (χ3v) is 4.67. The van der Waals surface area contributed by atoms with Crippen molar-refractivity contribution in [3.8, 4) is 11.1 Å². The van der Waals surface area contributed by atoms with E-state index in [4.69, 9.17) is 0 Å². The Hall–Kier alpha value is -3.71. The third-order valence-electron chi connectivity index (χ3n) is 4.67. The van der Waals surface area contributed by atoms with Crippen LogP contribution < -0.4 is 21.5 Å². The number of nitrogens with zero attached hydrogens (tertiary/aromatic N) is 1. The van der Waals surface area contributed by atoms with Crippen LogP contribution in [0.3, 0.4) is 0 Å². The molecule has 0 saturated carbocycles. The van der Waals surface area contributed by atoms with Crippen LogP contribution >= 0.6 is 0 Å². The summed E-state index contributed by atoms with van der Waals surface area (Å²) in [4.78, 5) is 31.5. The van der Waals surface area contributed by atoms with Gasteiger partial charge in [0.15, 0.2) is 0 Å². The maximum Gasteiger partial charge on any atom is 0.326 e. The van der Waals surface area contributed by atoms with Gasteiger partial charge in [-0.25, -0.2) is 4.79 Å². The van der Waals surface area contributed by atoms with Crippen LogP contribution in [0, 0.1) is 6.92 Å². The summed E-state index contributed by atoms with van der Waals surface area (Å²) in [5, 5.41) is 8.64. The van der Waals surface area contributed by atoms with Crippen molar-refractivity contribution in [2.24, 2.45) is 0 Å². The third kappa shape index (κ3) is 6.38. The number of rotatable bonds is 7. The molecule has 0 fully saturated rings. The minimum atomic E-state index is -0.477. The number of allylic oxidation sites excluding steroid dienone is 1. The number of aromatic nitrogens is 2. The molecule has 4 N–H and O–H groups in total. The Balaban J connectivity index is 1.62. The van der Waals surface area contributed by atoms with Crippen LogP contribution in [0.1, 0.15) is 25.0 Å². The summed E-state index contributed by atoms with van der Waals surface area (Å²) < 4.78 is 0. The van der Waals surface area contributed by atoms with Gasteiger partial charge in [-0.1, -0.05) is 54.1 Å². The van der Waals surface area contributed by atoms with E-state index in [-0.39, 0.29) is 5.95 Å². The van der Waals surface area contributed by atoms with Gasteiger partial charge >= 0.3 is 6.03 Å². The van der Waals surface area contributed by atoms with Crippen molar-refractivity contribution in [2.75, 3.05) is 17.2 Å². The first-order chi connectivity index (χ1) is 14.9. The average molecular weight is 418 g/mol. The van der Waals surface area contributed by atoms with Gasteiger partial charge in [0, 0.05) is 25.0 Å². The maximum absolute atomic E-state index is 12.5. The highest BCUT2D eigenvalue weighted by Gasteiger charge is 2.09. The maximum atomic E-state index is 12.5. The molecule has 0 unspecified atom stereocenters. The first-order valence-corrected chi connectivity index (χ1v) is 10.1. The van der Waals surface area contributed by atoms with E-state index in [1.807, 2.05) is 49.4 Å². The fourth-order valence-electron chi connectivity index (χ4n) is 2.94. The SMILES string of the molecule is CC(C)=CCNCc1ccc(-c2c[nH]c(NC(=O)Nc3ccccc3C)nc2=O)cc1. The quantitative estimate of drug-likeness (QED) is 0.337. The van der Waals surface area contributed by atoms with E-state index in [1.54, 1.807) is 12.3 Å². The lowest BCUT2D eigenvalue weighted by Crippen LogP contribution is -2.23. The number of carbonyl (C=O) groups excluding carboxylic acids is 1. The van der Waals surface area contributed by atoms with Gasteiger partial charge < -0.3 is 15.6 Å². The van der Waals surface area contributed by atoms with Gasteiger partial charge in [-0.2, -0.15) is 4.98 Å². The van der Waals surface area contributed by atoms with Crippen molar-refractivity contribution in [1.29, 1.82) is 0 Å². The van der Waals surface area contributed by atoms with E-state index in [0.717, 1.165) is 29.8 Å². The minimum Gasteiger partial charge on any atom is -0.331 e. The molecular formula is C24H27N5O2. The van der Waals surface area contributed by atoms with Crippen molar-refractivity contribution in [1.82, 2.24) is 15.3 Å². The number of urea groups is 1. The highest BCUT2D eigenvalue weighted by atomic mass is 16.2. The van der Waals surface area contributed by atoms with Crippen molar-refractivity contribution in [2.45, 2.75) is 27.3 Å². The molecule has 2 amide bonds. The van der Waals surface area contributed by atoms with Gasteiger partial charge in [0.25, 0.3) is 5.56 Å². The highest BCUT2D eigenvalue weighted by Crippen LogP contribution is 2.16. The largest absolute Gasteiger partial charge is 0.331 e. The summed E-state index contributed by atoms with van der Waals surface area (Å²) in [5.74, 6) is 0.0833. The molecule has 7 nitrogen and oxygen atoms in total. The van der Waals surface area contributed by atoms with Crippen molar-refractivity contribution < 1.29 is 4.79 Å². The van der Waals surface area contributed by atoms with Gasteiger partial charge in [0.05, 0.1) is 5.56 Å². The predicted octanol–water partition coefficient (Wildman–Crippen LogP) is 4.45. The number of hydrogen-bond acceptors (Lipinski definition) is 4. The number of carbonyl (C=O) groups is 1. The van der Waals surface area contributed by atoms with E-state index in [1.165, 1.54) is 5.57 Å². The molecule has 7 heteroatoms. The lowest BCUT2D eigenvalue weighted by molar-refractivity contribution is 0.262. The fraction of sp³-hybridized carbons (Fsp3) is 0.208. The van der Waals surface area contributed by atoms with Crippen molar-refractivity contribution in [3.05, 3.63) is 87.9 Å². The number of aromatic amines is 1. The van der Waals surface area contributed by atoms with E-state index in [0.29, 0.717) is 11.3 Å². The van der Waals surface area contributed by atoms with Gasteiger partial charge in [-0.05, 0) is 43.5 Å². The van der Waals surface area contributed by atoms with E-state index >= 15 is 0 Å². The van der Waals surface area contributed by atoms with Gasteiger partial charge in [0.2, 0.25) is 5.95 Å². The lowest BCUT2D eigenvalue weighted by Gasteiger charge is -2.09. The van der Waals surface area contributed by atoms with Crippen LogP contribution in [0.25, 0.3) is 11.1 Å². The van der Waals surface area contributed by atoms with Crippen LogP contribution in [-0.4, -0.2) is 22.5 Å². The summed E-state index contributed by atoms with van der Waals surface area (Å²) in [5.41, 5.74) is 4.81. The molecule has 3 rings (SSSR count). The zero-order valence-corrected chi connectivity index (χ0v) is 18.0. The zero-order chi connectivity index (χ0) is 22.2. The smallest absolute Gasteiger partial charge is 0.326 e. The average Bonchev–Trinajstić information content (AvgIpc) is 2.73. The van der Waals surface area contributed by atoms with Crippen LogP contribution in [-0.2, 0) is 6.54 Å². The summed E-state index contributed by atoms with van der Waals surface area (Å²) >= 11 is 0. The molecular weight excluding hydrogens is 390 g/mol. The highest BCUT2D eigenvalue weighted by molar-refractivity contribution is 5.99. The molecule has 31 heavy (non-hydrogen) atoms. The van der Waals surface area contributed by atoms with E-state index < -0.39 is 11.6 Å². The first kappa shape index (κ1) is 22.0. The van der Waals surface area contributed by atoms with E-state index in [2.05, 4.69) is 45.8 Å². The second kappa shape index (κ2) is 10.4. The Labute approximate surface area is 181 Å². The molecule has 0 radical (unpaired) electrons. The Morgan fingerprint density at radius 2 is 1.81 bits per heavy atom. The van der Waals surface area contributed by atoms with Gasteiger partial charge in [0.1, 0.15) is 0 Å². The molecule has 0 bridgehead atoms. The normalized spacial score (nSPS) is 10.4. The van der Waals surface area contributed by atoms with Gasteiger partial charge in [-0.3, -0.25) is 10.1 Å². The second-order valence-corrected chi connectivity index (χ2v) is 7.47. The molecule has 1 heterocycles. The minimum absolute atomic E-state index is 0.0833. The van der Waals surface area contributed by atoms with Crippen molar-refractivity contribution in [3.63, 3.8) is 0 Å². The number of benzene rings is 2. The molecule has 0 saturated heterocycles. The number of aryl methyl sites for hydroxylation is 1. The van der Waals surface area contributed by atoms with Crippen LogP contribution in [0.15, 0.2) is 71.2 Å². The number of anilines is 2. The number of para-hydroxylation sites is 1.